The van der Waals surface area contributed by atoms with Gasteiger partial charge in [-0.15, -0.1) is 0 Å². The maximum absolute atomic E-state index is 12.1. The number of fused-ring (bicyclic) bond motifs is 1. The van der Waals surface area contributed by atoms with Gasteiger partial charge in [0.05, 0.1) is 21.7 Å². The molecule has 1 saturated carbocycles. The minimum Gasteiger partial charge on any atom is -0.444 e. The second-order valence-corrected chi connectivity index (χ2v) is 11.6. The van der Waals surface area contributed by atoms with Crippen LogP contribution in [0.2, 0.25) is 5.02 Å². The van der Waals surface area contributed by atoms with Crippen LogP contribution in [0.3, 0.4) is 0 Å². The molecule has 1 aliphatic rings. The number of ether oxygens (including phenoxy) is 1. The Morgan fingerprint density at radius 1 is 1.21 bits per heavy atom. The monoisotopic (exact) mass is 537 g/mol. The predicted molar refractivity (Wildman–Crippen MR) is 149 cm³/mol. The van der Waals surface area contributed by atoms with Gasteiger partial charge < -0.3 is 19.9 Å². The lowest BCUT2D eigenvalue weighted by Crippen LogP contribution is -2.35. The molecule has 1 atom stereocenters. The Morgan fingerprint density at radius 3 is 2.61 bits per heavy atom. The highest BCUT2D eigenvalue weighted by Gasteiger charge is 2.29. The lowest BCUT2D eigenvalue weighted by molar-refractivity contribution is 0.0530. The van der Waals surface area contributed by atoms with Crippen LogP contribution in [0.25, 0.3) is 22.3 Å². The van der Waals surface area contributed by atoms with Crippen LogP contribution in [-0.2, 0) is 4.74 Å². The van der Waals surface area contributed by atoms with Gasteiger partial charge in [-0.05, 0) is 58.4 Å². The van der Waals surface area contributed by atoms with Gasteiger partial charge in [0.25, 0.3) is 0 Å². The van der Waals surface area contributed by atoms with Crippen molar-refractivity contribution in [3.05, 3.63) is 35.2 Å². The number of alkyl carbamates (subject to hydrolysis) is 1. The maximum atomic E-state index is 12.1. The highest BCUT2D eigenvalue weighted by Crippen LogP contribution is 2.40. The van der Waals surface area contributed by atoms with Crippen molar-refractivity contribution >= 4 is 34.7 Å². The molecule has 0 radical (unpaired) electrons. The van der Waals surface area contributed by atoms with Gasteiger partial charge in [-0.25, -0.2) is 14.8 Å². The summed E-state index contributed by atoms with van der Waals surface area (Å²) in [5, 5.41) is 16.4. The summed E-state index contributed by atoms with van der Waals surface area (Å²) in [4.78, 5) is 25.9. The smallest absolute Gasteiger partial charge is 0.407 e. The number of nitrogens with one attached hydrogen (secondary N) is 2. The lowest BCUT2D eigenvalue weighted by atomic mass is 9.79. The standard InChI is InChI=1S/C28H36ClN7O2/c1-17-6-8-19(9-7-17)18(2)36-25-23(35-26(36)32-10-11-33-27(37)38-28(3,4)5)13-22(14-30)34-24(25)20-12-21(29)16-31-15-20/h12-13,15-19H,6-11H2,1-5H3,(H,32,35)(H,33,37). The van der Waals surface area contributed by atoms with E-state index in [0.29, 0.717) is 41.2 Å². The average Bonchev–Trinajstić information content (AvgIpc) is 3.23. The van der Waals surface area contributed by atoms with E-state index in [0.717, 1.165) is 29.8 Å². The molecular formula is C28H36ClN7O2. The number of imidazole rings is 1. The van der Waals surface area contributed by atoms with E-state index >= 15 is 0 Å². The first-order chi connectivity index (χ1) is 18.1. The molecule has 202 valence electrons. The largest absolute Gasteiger partial charge is 0.444 e. The Labute approximate surface area is 229 Å². The third kappa shape index (κ3) is 6.54. The first kappa shape index (κ1) is 27.6. The Balaban J connectivity index is 1.72. The molecule has 9 nitrogen and oxygen atoms in total. The molecule has 1 unspecified atom stereocenters. The topological polar surface area (TPSA) is 118 Å². The van der Waals surface area contributed by atoms with Crippen molar-refractivity contribution in [2.24, 2.45) is 11.8 Å². The summed E-state index contributed by atoms with van der Waals surface area (Å²) in [5.74, 6) is 1.89. The number of amides is 1. The van der Waals surface area contributed by atoms with Gasteiger partial charge in [-0.2, -0.15) is 5.26 Å². The summed E-state index contributed by atoms with van der Waals surface area (Å²) in [5.41, 5.74) is 2.57. The zero-order chi connectivity index (χ0) is 27.4. The number of hydrogen-bond donors (Lipinski definition) is 2. The SMILES string of the molecule is CC1CCC(C(C)n2c(NCCNC(=O)OC(C)(C)C)nc3cc(C#N)nc(-c4cncc(Cl)c4)c32)CC1. The van der Waals surface area contributed by atoms with Crippen LogP contribution in [-0.4, -0.2) is 44.3 Å². The van der Waals surface area contributed by atoms with Crippen molar-refractivity contribution in [1.29, 1.82) is 5.26 Å². The van der Waals surface area contributed by atoms with E-state index in [4.69, 9.17) is 21.3 Å². The molecule has 1 aliphatic carbocycles. The van der Waals surface area contributed by atoms with E-state index < -0.39 is 11.7 Å². The molecule has 0 aliphatic heterocycles. The van der Waals surface area contributed by atoms with Gasteiger partial charge in [-0.3, -0.25) is 4.98 Å². The summed E-state index contributed by atoms with van der Waals surface area (Å²) in [6, 6.07) is 5.81. The number of anilines is 1. The number of halogens is 1. The summed E-state index contributed by atoms with van der Waals surface area (Å²) >= 11 is 6.28. The minimum atomic E-state index is -0.560. The van der Waals surface area contributed by atoms with Crippen LogP contribution in [0.4, 0.5) is 10.7 Å². The predicted octanol–water partition coefficient (Wildman–Crippen LogP) is 6.34. The Kier molecular flexibility index (Phi) is 8.41. The van der Waals surface area contributed by atoms with Crippen molar-refractivity contribution < 1.29 is 9.53 Å². The fourth-order valence-corrected chi connectivity index (χ4v) is 5.25. The van der Waals surface area contributed by atoms with Crippen LogP contribution in [0.5, 0.6) is 0 Å². The van der Waals surface area contributed by atoms with Crippen molar-refractivity contribution in [2.45, 2.75) is 71.9 Å². The molecule has 38 heavy (non-hydrogen) atoms. The molecule has 3 aromatic heterocycles. The molecule has 0 saturated heterocycles. The summed E-state index contributed by atoms with van der Waals surface area (Å²) in [6.45, 7) is 10.8. The number of pyridine rings is 2. The molecule has 3 aromatic rings. The number of carbonyl (C=O) groups is 1. The van der Waals surface area contributed by atoms with E-state index in [1.807, 2.05) is 20.8 Å². The van der Waals surface area contributed by atoms with Gasteiger partial charge in [0.2, 0.25) is 5.95 Å². The van der Waals surface area contributed by atoms with Crippen molar-refractivity contribution in [3.63, 3.8) is 0 Å². The number of hydrogen-bond acceptors (Lipinski definition) is 7. The van der Waals surface area contributed by atoms with Gasteiger partial charge >= 0.3 is 6.09 Å². The first-order valence-corrected chi connectivity index (χ1v) is 13.6. The number of rotatable bonds is 7. The first-order valence-electron chi connectivity index (χ1n) is 13.2. The number of nitrogens with zero attached hydrogens (tertiary/aromatic N) is 5. The molecule has 0 bridgehead atoms. The molecule has 10 heteroatoms. The van der Waals surface area contributed by atoms with Crippen LogP contribution >= 0.6 is 11.6 Å². The molecule has 0 spiro atoms. The van der Waals surface area contributed by atoms with Gasteiger partial charge in [-0.1, -0.05) is 31.4 Å². The van der Waals surface area contributed by atoms with Gasteiger partial charge in [0.1, 0.15) is 17.4 Å². The Morgan fingerprint density at radius 2 is 1.95 bits per heavy atom. The normalized spacial score (nSPS) is 18.6. The van der Waals surface area contributed by atoms with Crippen molar-refractivity contribution in [3.8, 4) is 17.3 Å². The average molecular weight is 538 g/mol. The minimum absolute atomic E-state index is 0.134. The van der Waals surface area contributed by atoms with E-state index in [1.165, 1.54) is 12.8 Å². The van der Waals surface area contributed by atoms with Gasteiger partial charge in [0.15, 0.2) is 0 Å². The van der Waals surface area contributed by atoms with Crippen LogP contribution in [0, 0.1) is 23.2 Å². The third-order valence-corrected chi connectivity index (χ3v) is 7.19. The van der Waals surface area contributed by atoms with Crippen LogP contribution < -0.4 is 10.6 Å². The van der Waals surface area contributed by atoms with Crippen molar-refractivity contribution in [1.82, 2.24) is 24.8 Å². The van der Waals surface area contributed by atoms with E-state index in [1.54, 1.807) is 24.5 Å². The summed E-state index contributed by atoms with van der Waals surface area (Å²) in [7, 11) is 0. The van der Waals surface area contributed by atoms with E-state index in [9.17, 15) is 10.1 Å². The number of nitriles is 1. The Hall–Kier alpha value is -3.38. The number of carbonyl (C=O) groups excluding carboxylic acids is 1. The number of aromatic nitrogens is 4. The highest BCUT2D eigenvalue weighted by atomic mass is 35.5. The van der Waals surface area contributed by atoms with E-state index in [2.05, 4.69) is 45.1 Å². The quantitative estimate of drug-likeness (QED) is 0.337. The van der Waals surface area contributed by atoms with Crippen LogP contribution in [0.1, 0.15) is 72.0 Å². The fraction of sp³-hybridized carbons (Fsp3) is 0.536. The molecule has 4 rings (SSSR count). The molecule has 1 amide bonds. The molecular weight excluding hydrogens is 502 g/mol. The van der Waals surface area contributed by atoms with Crippen LogP contribution in [0.15, 0.2) is 24.5 Å². The summed E-state index contributed by atoms with van der Waals surface area (Å²) in [6.07, 6.45) is 7.49. The van der Waals surface area contributed by atoms with E-state index in [-0.39, 0.29) is 11.7 Å². The van der Waals surface area contributed by atoms with Crippen molar-refractivity contribution in [2.75, 3.05) is 18.4 Å². The molecule has 1 fully saturated rings. The second-order valence-electron chi connectivity index (χ2n) is 11.1. The highest BCUT2D eigenvalue weighted by molar-refractivity contribution is 6.30. The zero-order valence-corrected chi connectivity index (χ0v) is 23.5. The zero-order valence-electron chi connectivity index (χ0n) is 22.7. The molecule has 2 N–H and O–H groups in total. The Bertz CT molecular complexity index is 1330. The maximum Gasteiger partial charge on any atom is 0.407 e. The third-order valence-electron chi connectivity index (χ3n) is 6.99. The molecule has 0 aromatic carbocycles. The van der Waals surface area contributed by atoms with Gasteiger partial charge in [0, 0.05) is 43.2 Å². The lowest BCUT2D eigenvalue weighted by Gasteiger charge is -2.32. The second kappa shape index (κ2) is 11.6. The summed E-state index contributed by atoms with van der Waals surface area (Å²) < 4.78 is 7.54. The fourth-order valence-electron chi connectivity index (χ4n) is 5.07. The molecule has 3 heterocycles.